The van der Waals surface area contributed by atoms with Gasteiger partial charge in [0.1, 0.15) is 22.8 Å². The lowest BCUT2D eigenvalue weighted by molar-refractivity contribution is 0.411. The summed E-state index contributed by atoms with van der Waals surface area (Å²) in [6.45, 7) is 0. The molecule has 0 saturated heterocycles. The van der Waals surface area contributed by atoms with E-state index in [9.17, 15) is 15.0 Å². The number of phenolic OH excluding ortho intramolecular Hbond substituents is 2. The molecule has 0 fully saturated rings. The Morgan fingerprint density at radius 1 is 0.846 bits per heavy atom. The third-order valence-electron chi connectivity index (χ3n) is 3.93. The maximum Gasteiger partial charge on any atom is 0.193 e. The summed E-state index contributed by atoms with van der Waals surface area (Å²) in [5.74, 6) is 1.15. The van der Waals surface area contributed by atoms with Gasteiger partial charge in [0.2, 0.25) is 0 Å². The highest BCUT2D eigenvalue weighted by Gasteiger charge is 2.11. The number of para-hydroxylation sites is 1. The van der Waals surface area contributed by atoms with E-state index in [1.807, 2.05) is 18.2 Å². The minimum atomic E-state index is -0.277. The molecule has 26 heavy (non-hydrogen) atoms. The first-order chi connectivity index (χ1) is 12.6. The van der Waals surface area contributed by atoms with E-state index < -0.39 is 0 Å². The number of ether oxygens (including phenoxy) is 1. The van der Waals surface area contributed by atoms with E-state index in [0.717, 1.165) is 0 Å². The third kappa shape index (κ3) is 2.98. The van der Waals surface area contributed by atoms with Gasteiger partial charge in [0.15, 0.2) is 16.9 Å². The molecule has 0 radical (unpaired) electrons. The summed E-state index contributed by atoms with van der Waals surface area (Å²) in [4.78, 5) is 12.3. The lowest BCUT2D eigenvalue weighted by atomic mass is 10.1. The average Bonchev–Trinajstić information content (AvgIpc) is 2.65. The van der Waals surface area contributed by atoms with E-state index in [1.165, 1.54) is 30.3 Å². The number of benzene rings is 3. The van der Waals surface area contributed by atoms with Crippen molar-refractivity contribution in [2.24, 2.45) is 0 Å². The Bertz CT molecular complexity index is 1150. The topological polar surface area (TPSA) is 79.9 Å². The first-order valence-electron chi connectivity index (χ1n) is 7.93. The Morgan fingerprint density at radius 3 is 2.42 bits per heavy atom. The van der Waals surface area contributed by atoms with Gasteiger partial charge in [0.05, 0.1) is 5.39 Å². The Balaban J connectivity index is 1.72. The summed E-state index contributed by atoms with van der Waals surface area (Å²) >= 11 is 0. The molecule has 5 nitrogen and oxygen atoms in total. The van der Waals surface area contributed by atoms with Crippen molar-refractivity contribution in [2.45, 2.75) is 0 Å². The third-order valence-corrected chi connectivity index (χ3v) is 3.93. The first-order valence-corrected chi connectivity index (χ1v) is 7.93. The molecule has 128 valence electrons. The summed E-state index contributed by atoms with van der Waals surface area (Å²) in [6, 6.07) is 19.6. The van der Waals surface area contributed by atoms with E-state index in [-0.39, 0.29) is 16.9 Å². The highest BCUT2D eigenvalue weighted by Crippen LogP contribution is 2.35. The molecule has 4 rings (SSSR count). The van der Waals surface area contributed by atoms with Crippen LogP contribution < -0.4 is 10.2 Å². The second-order valence-electron chi connectivity index (χ2n) is 5.75. The Kier molecular flexibility index (Phi) is 3.82. The summed E-state index contributed by atoms with van der Waals surface area (Å²) in [7, 11) is 0. The average molecular weight is 346 g/mol. The molecule has 0 atom stereocenters. The van der Waals surface area contributed by atoms with Gasteiger partial charge in [-0.3, -0.25) is 4.79 Å². The van der Waals surface area contributed by atoms with E-state index >= 15 is 0 Å². The van der Waals surface area contributed by atoms with Crippen LogP contribution in [-0.2, 0) is 0 Å². The highest BCUT2D eigenvalue weighted by atomic mass is 16.5. The summed E-state index contributed by atoms with van der Waals surface area (Å²) in [6.07, 6.45) is 0. The van der Waals surface area contributed by atoms with Gasteiger partial charge < -0.3 is 19.4 Å². The highest BCUT2D eigenvalue weighted by molar-refractivity contribution is 5.80. The maximum atomic E-state index is 12.3. The predicted molar refractivity (Wildman–Crippen MR) is 97.8 cm³/mol. The minimum absolute atomic E-state index is 0.00221. The summed E-state index contributed by atoms with van der Waals surface area (Å²) < 4.78 is 11.4. The molecule has 1 heterocycles. The van der Waals surface area contributed by atoms with Crippen molar-refractivity contribution in [3.63, 3.8) is 0 Å². The second-order valence-corrected chi connectivity index (χ2v) is 5.75. The molecule has 3 aromatic carbocycles. The molecule has 5 heteroatoms. The Labute approximate surface area is 148 Å². The van der Waals surface area contributed by atoms with Crippen LogP contribution in [0.5, 0.6) is 23.0 Å². The van der Waals surface area contributed by atoms with Gasteiger partial charge in [0.25, 0.3) is 0 Å². The van der Waals surface area contributed by atoms with Gasteiger partial charge >= 0.3 is 0 Å². The molecule has 0 saturated carbocycles. The van der Waals surface area contributed by atoms with Crippen molar-refractivity contribution in [1.29, 1.82) is 0 Å². The molecule has 0 bridgehead atoms. The number of phenols is 2. The van der Waals surface area contributed by atoms with Gasteiger partial charge in [-0.15, -0.1) is 0 Å². The van der Waals surface area contributed by atoms with E-state index in [1.54, 1.807) is 24.3 Å². The van der Waals surface area contributed by atoms with Gasteiger partial charge in [-0.05, 0) is 48.5 Å². The van der Waals surface area contributed by atoms with Gasteiger partial charge in [-0.25, -0.2) is 0 Å². The number of fused-ring (bicyclic) bond motifs is 1. The van der Waals surface area contributed by atoms with Crippen molar-refractivity contribution in [1.82, 2.24) is 0 Å². The molecular weight excluding hydrogens is 332 g/mol. The van der Waals surface area contributed by atoms with Crippen LogP contribution in [0.25, 0.3) is 22.3 Å². The van der Waals surface area contributed by atoms with E-state index in [4.69, 9.17) is 9.15 Å². The van der Waals surface area contributed by atoms with Crippen LogP contribution in [0.3, 0.4) is 0 Å². The number of rotatable bonds is 3. The molecular formula is C21H14O5. The van der Waals surface area contributed by atoms with Crippen molar-refractivity contribution in [2.75, 3.05) is 0 Å². The monoisotopic (exact) mass is 346 g/mol. The van der Waals surface area contributed by atoms with Crippen LogP contribution in [-0.4, -0.2) is 10.2 Å². The zero-order valence-electron chi connectivity index (χ0n) is 13.5. The van der Waals surface area contributed by atoms with E-state index in [0.29, 0.717) is 33.8 Å². The molecule has 0 unspecified atom stereocenters. The van der Waals surface area contributed by atoms with Crippen LogP contribution >= 0.6 is 0 Å². The minimum Gasteiger partial charge on any atom is -0.508 e. The Hall–Kier alpha value is -3.73. The van der Waals surface area contributed by atoms with Crippen molar-refractivity contribution >= 4 is 11.0 Å². The molecule has 0 aliphatic carbocycles. The lowest BCUT2D eigenvalue weighted by Crippen LogP contribution is -2.00. The largest absolute Gasteiger partial charge is 0.508 e. The zero-order valence-corrected chi connectivity index (χ0v) is 13.5. The lowest BCUT2D eigenvalue weighted by Gasteiger charge is -2.09. The molecule has 0 aliphatic rings. The van der Waals surface area contributed by atoms with Gasteiger partial charge in [0, 0.05) is 11.6 Å². The number of hydrogen-bond donors (Lipinski definition) is 2. The maximum absolute atomic E-state index is 12.3. The first kappa shape index (κ1) is 15.8. The van der Waals surface area contributed by atoms with Gasteiger partial charge in [-0.1, -0.05) is 18.2 Å². The smallest absolute Gasteiger partial charge is 0.193 e. The molecule has 4 aromatic rings. The number of aromatic hydroxyl groups is 2. The normalized spacial score (nSPS) is 10.8. The van der Waals surface area contributed by atoms with Crippen molar-refractivity contribution in [3.05, 3.63) is 83.0 Å². The molecule has 1 aromatic heterocycles. The van der Waals surface area contributed by atoms with Crippen molar-refractivity contribution in [3.8, 4) is 34.3 Å². The quantitative estimate of drug-likeness (QED) is 0.564. The summed E-state index contributed by atoms with van der Waals surface area (Å²) in [5, 5.41) is 20.1. The molecule has 0 aliphatic heterocycles. The van der Waals surface area contributed by atoms with Crippen LogP contribution in [0.4, 0.5) is 0 Å². The van der Waals surface area contributed by atoms with Crippen molar-refractivity contribution < 1.29 is 19.4 Å². The second kappa shape index (κ2) is 6.29. The number of hydrogen-bond acceptors (Lipinski definition) is 5. The van der Waals surface area contributed by atoms with E-state index in [2.05, 4.69) is 0 Å². The fourth-order valence-electron chi connectivity index (χ4n) is 2.66. The zero-order chi connectivity index (χ0) is 18.1. The summed E-state index contributed by atoms with van der Waals surface area (Å²) in [5.41, 5.74) is 0.616. The standard InChI is InChI=1S/C21H14O5/c22-14-7-9-19-16(11-14)17(23)12-21(26-19)13-6-8-20(18(24)10-13)25-15-4-2-1-3-5-15/h1-12,22,24H. The SMILES string of the molecule is O=c1cc(-c2ccc(Oc3ccccc3)c(O)c2)oc2ccc(O)cc12. The fraction of sp³-hybridized carbons (Fsp3) is 0. The van der Waals surface area contributed by atoms with Crippen LogP contribution in [0.1, 0.15) is 0 Å². The fourth-order valence-corrected chi connectivity index (χ4v) is 2.66. The van der Waals surface area contributed by atoms with Crippen LogP contribution in [0.2, 0.25) is 0 Å². The van der Waals surface area contributed by atoms with Crippen LogP contribution in [0, 0.1) is 0 Å². The molecule has 0 amide bonds. The van der Waals surface area contributed by atoms with Gasteiger partial charge in [-0.2, -0.15) is 0 Å². The molecule has 0 spiro atoms. The van der Waals surface area contributed by atoms with Crippen LogP contribution in [0.15, 0.2) is 82.0 Å². The Morgan fingerprint density at radius 2 is 1.65 bits per heavy atom. The predicted octanol–water partition coefficient (Wildman–Crippen LogP) is 4.66. The molecule has 2 N–H and O–H groups in total.